The van der Waals surface area contributed by atoms with Crippen LogP contribution in [0.3, 0.4) is 0 Å². The van der Waals surface area contributed by atoms with Gasteiger partial charge in [0.15, 0.2) is 0 Å². The van der Waals surface area contributed by atoms with E-state index in [9.17, 15) is 4.79 Å². The van der Waals surface area contributed by atoms with Crippen molar-refractivity contribution in [3.05, 3.63) is 24.3 Å². The van der Waals surface area contributed by atoms with E-state index in [4.69, 9.17) is 0 Å². The van der Waals surface area contributed by atoms with Gasteiger partial charge in [-0.3, -0.25) is 4.79 Å². The van der Waals surface area contributed by atoms with Gasteiger partial charge in [-0.05, 0) is 6.07 Å². The predicted octanol–water partition coefficient (Wildman–Crippen LogP) is 0.129. The molecule has 0 atom stereocenters. The van der Waals surface area contributed by atoms with Gasteiger partial charge in [0.05, 0.1) is 6.42 Å². The lowest BCUT2D eigenvalue weighted by Gasteiger charge is -1.86. The van der Waals surface area contributed by atoms with E-state index in [-0.39, 0.29) is 6.42 Å². The summed E-state index contributed by atoms with van der Waals surface area (Å²) >= 11 is 0. The number of nitrogens with zero attached hydrogens (tertiary/aromatic N) is 2. The third kappa shape index (κ3) is 1.60. The van der Waals surface area contributed by atoms with Gasteiger partial charge in [0, 0.05) is 12.4 Å². The van der Waals surface area contributed by atoms with Gasteiger partial charge in [-0.1, -0.05) is 0 Å². The Balaban J connectivity index is 2.72. The Morgan fingerprint density at radius 1 is 1.44 bits per heavy atom. The highest BCUT2D eigenvalue weighted by atomic mass is 16.1. The van der Waals surface area contributed by atoms with Crippen molar-refractivity contribution in [2.24, 2.45) is 0 Å². The van der Waals surface area contributed by atoms with E-state index in [1.54, 1.807) is 24.7 Å². The highest BCUT2D eigenvalue weighted by Gasteiger charge is 1.89. The summed E-state index contributed by atoms with van der Waals surface area (Å²) in [5.41, 5.74) is 0. The first-order valence-corrected chi connectivity index (χ1v) is 2.54. The average Bonchev–Trinajstić information content (AvgIpc) is 1.91. The lowest BCUT2D eigenvalue weighted by molar-refractivity contribution is 0.554. The van der Waals surface area contributed by atoms with E-state index in [0.717, 1.165) is 0 Å². The first kappa shape index (κ1) is 5.88. The average molecular weight is 121 g/mol. The van der Waals surface area contributed by atoms with Gasteiger partial charge in [-0.2, -0.15) is 0 Å². The van der Waals surface area contributed by atoms with Crippen LogP contribution in [0.5, 0.6) is 0 Å². The van der Waals surface area contributed by atoms with Crippen molar-refractivity contribution >= 4 is 6.29 Å². The Morgan fingerprint density at radius 2 is 2.11 bits per heavy atom. The SMILES string of the molecule is O=[C]Cc1ncccn1. The van der Waals surface area contributed by atoms with Gasteiger partial charge in [0.25, 0.3) is 0 Å². The van der Waals surface area contributed by atoms with Gasteiger partial charge in [-0.15, -0.1) is 0 Å². The van der Waals surface area contributed by atoms with E-state index in [1.807, 2.05) is 0 Å². The molecule has 0 saturated carbocycles. The second kappa shape index (κ2) is 2.91. The zero-order chi connectivity index (χ0) is 6.53. The normalized spacial score (nSPS) is 8.89. The van der Waals surface area contributed by atoms with Gasteiger partial charge in [-0.25, -0.2) is 9.97 Å². The summed E-state index contributed by atoms with van der Waals surface area (Å²) in [6.07, 6.45) is 5.08. The number of rotatable bonds is 2. The second-order valence-corrected chi connectivity index (χ2v) is 1.49. The molecule has 1 radical (unpaired) electrons. The smallest absolute Gasteiger partial charge is 0.206 e. The molecule has 0 aromatic carbocycles. The molecule has 1 rings (SSSR count). The van der Waals surface area contributed by atoms with Crippen LogP contribution in [-0.2, 0) is 11.2 Å². The molecular weight excluding hydrogens is 116 g/mol. The van der Waals surface area contributed by atoms with Gasteiger partial charge >= 0.3 is 0 Å². The molecule has 9 heavy (non-hydrogen) atoms. The zero-order valence-electron chi connectivity index (χ0n) is 4.74. The van der Waals surface area contributed by atoms with Gasteiger partial charge in [0.2, 0.25) is 6.29 Å². The maximum atomic E-state index is 9.77. The Kier molecular flexibility index (Phi) is 1.90. The fourth-order valence-corrected chi connectivity index (χ4v) is 0.486. The summed E-state index contributed by atoms with van der Waals surface area (Å²) in [4.78, 5) is 17.4. The minimum Gasteiger partial charge on any atom is -0.290 e. The zero-order valence-corrected chi connectivity index (χ0v) is 4.74. The number of hydrogen-bond donors (Lipinski definition) is 0. The quantitative estimate of drug-likeness (QED) is 0.558. The fourth-order valence-electron chi connectivity index (χ4n) is 0.486. The number of aromatic nitrogens is 2. The standard InChI is InChI=1S/C6H5N2O/c9-5-2-6-7-3-1-4-8-6/h1,3-4H,2H2. The minimum atomic E-state index is 0.181. The van der Waals surface area contributed by atoms with E-state index in [1.165, 1.54) is 0 Å². The number of carbonyl (C=O) groups excluding carboxylic acids is 1. The fraction of sp³-hybridized carbons (Fsp3) is 0.167. The van der Waals surface area contributed by atoms with Crippen LogP contribution in [0.2, 0.25) is 0 Å². The summed E-state index contributed by atoms with van der Waals surface area (Å²) in [7, 11) is 0. The van der Waals surface area contributed by atoms with Crippen LogP contribution in [0.25, 0.3) is 0 Å². The molecule has 0 bridgehead atoms. The van der Waals surface area contributed by atoms with Gasteiger partial charge in [0.1, 0.15) is 5.82 Å². The molecule has 0 spiro atoms. The summed E-state index contributed by atoms with van der Waals surface area (Å²) in [5, 5.41) is 0. The molecule has 0 saturated heterocycles. The first-order valence-electron chi connectivity index (χ1n) is 2.54. The molecule has 1 aromatic heterocycles. The number of hydrogen-bond acceptors (Lipinski definition) is 3. The molecule has 3 nitrogen and oxygen atoms in total. The van der Waals surface area contributed by atoms with Crippen molar-refractivity contribution in [2.75, 3.05) is 0 Å². The van der Waals surface area contributed by atoms with Crippen LogP contribution in [-0.4, -0.2) is 16.3 Å². The molecule has 0 aliphatic carbocycles. The van der Waals surface area contributed by atoms with Crippen LogP contribution < -0.4 is 0 Å². The molecular formula is C6H5N2O. The van der Waals surface area contributed by atoms with Gasteiger partial charge < -0.3 is 0 Å². The summed E-state index contributed by atoms with van der Waals surface area (Å²) < 4.78 is 0. The van der Waals surface area contributed by atoms with Crippen molar-refractivity contribution in [1.82, 2.24) is 9.97 Å². The van der Waals surface area contributed by atoms with Crippen molar-refractivity contribution in [3.8, 4) is 0 Å². The second-order valence-electron chi connectivity index (χ2n) is 1.49. The summed E-state index contributed by atoms with van der Waals surface area (Å²) in [6.45, 7) is 0. The molecule has 45 valence electrons. The van der Waals surface area contributed by atoms with Crippen LogP contribution >= 0.6 is 0 Å². The van der Waals surface area contributed by atoms with Crippen molar-refractivity contribution in [2.45, 2.75) is 6.42 Å². The van der Waals surface area contributed by atoms with Crippen LogP contribution in [0, 0.1) is 0 Å². The minimum absolute atomic E-state index is 0.181. The van der Waals surface area contributed by atoms with E-state index >= 15 is 0 Å². The first-order chi connectivity index (χ1) is 4.43. The molecule has 0 aliphatic heterocycles. The maximum Gasteiger partial charge on any atom is 0.206 e. The molecule has 0 N–H and O–H groups in total. The van der Waals surface area contributed by atoms with E-state index in [0.29, 0.717) is 5.82 Å². The monoisotopic (exact) mass is 121 g/mol. The molecule has 3 heteroatoms. The Labute approximate surface area is 52.8 Å². The highest BCUT2D eigenvalue weighted by Crippen LogP contribution is 1.84. The maximum absolute atomic E-state index is 9.77. The lowest BCUT2D eigenvalue weighted by atomic mass is 10.4. The Bertz CT molecular complexity index is 186. The molecule has 0 unspecified atom stereocenters. The molecule has 0 amide bonds. The van der Waals surface area contributed by atoms with Crippen LogP contribution in [0.15, 0.2) is 18.5 Å². The summed E-state index contributed by atoms with van der Waals surface area (Å²) in [5.74, 6) is 0.521. The van der Waals surface area contributed by atoms with Crippen molar-refractivity contribution in [1.29, 1.82) is 0 Å². The third-order valence-corrected chi connectivity index (χ3v) is 0.850. The molecule has 1 aromatic rings. The predicted molar refractivity (Wildman–Crippen MR) is 31.4 cm³/mol. The van der Waals surface area contributed by atoms with E-state index < -0.39 is 0 Å². The molecule has 1 heterocycles. The van der Waals surface area contributed by atoms with Crippen molar-refractivity contribution < 1.29 is 4.79 Å². The van der Waals surface area contributed by atoms with Crippen molar-refractivity contribution in [3.63, 3.8) is 0 Å². The highest BCUT2D eigenvalue weighted by molar-refractivity contribution is 5.53. The Morgan fingerprint density at radius 3 is 2.67 bits per heavy atom. The Hall–Kier alpha value is -1.25. The van der Waals surface area contributed by atoms with Crippen LogP contribution in [0.1, 0.15) is 5.82 Å². The molecule has 0 aliphatic rings. The van der Waals surface area contributed by atoms with E-state index in [2.05, 4.69) is 9.97 Å². The summed E-state index contributed by atoms with van der Waals surface area (Å²) in [6, 6.07) is 1.70. The van der Waals surface area contributed by atoms with Crippen LogP contribution in [0.4, 0.5) is 0 Å². The topological polar surface area (TPSA) is 42.9 Å². The third-order valence-electron chi connectivity index (χ3n) is 0.850. The molecule has 0 fully saturated rings. The largest absolute Gasteiger partial charge is 0.290 e. The lowest BCUT2D eigenvalue weighted by Crippen LogP contribution is -1.92.